The van der Waals surface area contributed by atoms with Crippen LogP contribution >= 0.6 is 20.1 Å². The molecule has 0 radical (unpaired) electrons. The number of H-pyrrole nitrogens is 1. The van der Waals surface area contributed by atoms with Crippen LogP contribution < -0.4 is 31.2 Å². The van der Waals surface area contributed by atoms with Gasteiger partial charge in [-0.05, 0) is 120 Å². The number of aryl methyl sites for hydroxylation is 1. The molecule has 4 atom stereocenters. The van der Waals surface area contributed by atoms with Crippen LogP contribution in [0.4, 0.5) is 4.79 Å². The molecule has 0 spiro atoms. The first-order chi connectivity index (χ1) is 31.7. The van der Waals surface area contributed by atoms with E-state index >= 15 is 0 Å². The second kappa shape index (κ2) is 25.7. The van der Waals surface area contributed by atoms with Crippen molar-refractivity contribution in [2.75, 3.05) is 40.1 Å². The molecule has 0 aliphatic carbocycles. The van der Waals surface area contributed by atoms with Gasteiger partial charge in [0.2, 0.25) is 0 Å². The van der Waals surface area contributed by atoms with E-state index in [0.717, 1.165) is 23.1 Å². The Morgan fingerprint density at radius 1 is 0.788 bits per heavy atom. The van der Waals surface area contributed by atoms with Crippen LogP contribution in [0.1, 0.15) is 69.7 Å². The van der Waals surface area contributed by atoms with E-state index < -0.39 is 43.7 Å². The fourth-order valence-electron chi connectivity index (χ4n) is 7.06. The molecule has 0 amide bonds. The molecule has 15 nitrogen and oxygen atoms in total. The van der Waals surface area contributed by atoms with E-state index in [1.165, 1.54) is 22.9 Å². The summed E-state index contributed by atoms with van der Waals surface area (Å²) in [4.78, 5) is 40.4. The molecule has 1 heterocycles. The third-order valence-electron chi connectivity index (χ3n) is 10.4. The van der Waals surface area contributed by atoms with E-state index in [4.69, 9.17) is 54.8 Å². The van der Waals surface area contributed by atoms with Gasteiger partial charge in [-0.25, -0.2) is 14.3 Å². The summed E-state index contributed by atoms with van der Waals surface area (Å²) in [5.74, 6) is 1.52. The fraction of sp³-hybridized carbons (Fsp3) is 0.408. The lowest BCUT2D eigenvalue weighted by atomic mass is 9.80. The lowest BCUT2D eigenvalue weighted by molar-refractivity contribution is -0.124. The van der Waals surface area contributed by atoms with Crippen LogP contribution in [0.2, 0.25) is 5.02 Å². The second-order valence-corrected chi connectivity index (χ2v) is 17.8. The van der Waals surface area contributed by atoms with Gasteiger partial charge in [-0.15, -0.1) is 0 Å². The lowest BCUT2D eigenvalue weighted by Gasteiger charge is -2.38. The molecule has 0 saturated carbocycles. The summed E-state index contributed by atoms with van der Waals surface area (Å²) in [6, 6.07) is 31.6. The number of hydrogen-bond acceptors (Lipinski definition) is 13. The van der Waals surface area contributed by atoms with E-state index in [1.807, 2.05) is 78.9 Å². The van der Waals surface area contributed by atoms with Crippen molar-refractivity contribution in [1.29, 1.82) is 0 Å². The maximum Gasteiger partial charge on any atom is 0.514 e. The minimum atomic E-state index is -1.28. The summed E-state index contributed by atoms with van der Waals surface area (Å²) >= 11 is 6.02. The number of methoxy groups -OCH3 is 1. The average molecular weight is 949 g/mol. The maximum absolute atomic E-state index is 13.1. The molecule has 0 fully saturated rings. The Bertz CT molecular complexity index is 2340. The Morgan fingerprint density at radius 2 is 1.36 bits per heavy atom. The number of nitrogens with zero attached hydrogens (tertiary/aromatic N) is 2. The van der Waals surface area contributed by atoms with Gasteiger partial charge in [-0.1, -0.05) is 66.2 Å². The predicted octanol–water partition coefficient (Wildman–Crippen LogP) is 8.96. The Morgan fingerprint density at radius 3 is 1.95 bits per heavy atom. The van der Waals surface area contributed by atoms with Crippen molar-refractivity contribution in [3.05, 3.63) is 157 Å². The number of rotatable bonds is 26. The first-order valence-electron chi connectivity index (χ1n) is 21.9. The van der Waals surface area contributed by atoms with Gasteiger partial charge >= 0.3 is 11.8 Å². The van der Waals surface area contributed by atoms with Crippen molar-refractivity contribution in [3.8, 4) is 17.2 Å². The summed E-state index contributed by atoms with van der Waals surface area (Å²) in [6.07, 6.45) is -0.189. The van der Waals surface area contributed by atoms with Crippen molar-refractivity contribution >= 4 is 26.3 Å². The second-order valence-electron chi connectivity index (χ2n) is 15.9. The highest BCUT2D eigenvalue weighted by molar-refractivity contribution is 7.44. The number of hydrogen-bond donors (Lipinski definition) is 2. The van der Waals surface area contributed by atoms with E-state index in [2.05, 4.69) is 37.3 Å². The quantitative estimate of drug-likeness (QED) is 0.0177. The van der Waals surface area contributed by atoms with Crippen LogP contribution in [0.5, 0.6) is 17.2 Å². The SMILES string of the molecule is COc1ccc(C(OC[C@@H](OCn2cc(C)c(=O)[nH]c2=O)C(C)OC(=O)Oc2ccc(Cl)cc2)(c2ccccc2)c2ccc(OCCCOP(OCCCN)N(C(C)C)C(C)C)cc2)cc1. The van der Waals surface area contributed by atoms with Crippen LogP contribution in [0.25, 0.3) is 0 Å². The molecule has 0 bridgehead atoms. The van der Waals surface area contributed by atoms with Crippen LogP contribution in [0.3, 0.4) is 0 Å². The molecule has 3 unspecified atom stereocenters. The number of carbonyl (C=O) groups excluding carboxylic acids is 1. The van der Waals surface area contributed by atoms with Gasteiger partial charge in [0, 0.05) is 35.3 Å². The number of aromatic nitrogens is 2. The normalized spacial score (nSPS) is 13.9. The summed E-state index contributed by atoms with van der Waals surface area (Å²) in [5.41, 5.74) is 5.86. The van der Waals surface area contributed by atoms with E-state index in [-0.39, 0.29) is 31.2 Å². The molecule has 5 aromatic rings. The smallest absolute Gasteiger partial charge is 0.497 e. The first-order valence-corrected chi connectivity index (χ1v) is 23.4. The molecule has 66 heavy (non-hydrogen) atoms. The maximum atomic E-state index is 13.1. The zero-order valence-corrected chi connectivity index (χ0v) is 40.3. The molecule has 4 aromatic carbocycles. The summed E-state index contributed by atoms with van der Waals surface area (Å²) in [5, 5.41) is 0.472. The number of ether oxygens (including phenoxy) is 6. The van der Waals surface area contributed by atoms with Crippen molar-refractivity contribution in [2.45, 2.75) is 91.0 Å². The first kappa shape index (κ1) is 51.9. The number of aromatic amines is 1. The van der Waals surface area contributed by atoms with Gasteiger partial charge in [0.25, 0.3) is 14.1 Å². The van der Waals surface area contributed by atoms with Crippen LogP contribution in [0.15, 0.2) is 119 Å². The summed E-state index contributed by atoms with van der Waals surface area (Å²) in [7, 11) is 0.327. The molecule has 3 N–H and O–H groups in total. The van der Waals surface area contributed by atoms with Crippen molar-refractivity contribution < 1.29 is 42.3 Å². The number of benzene rings is 4. The number of nitrogens with one attached hydrogen (secondary N) is 1. The number of carbonyl (C=O) groups is 1. The Labute approximate surface area is 392 Å². The Hall–Kier alpha value is -5.09. The average Bonchev–Trinajstić information content (AvgIpc) is 3.30. The number of nitrogens with two attached hydrogens (primary N) is 1. The van der Waals surface area contributed by atoms with Gasteiger partial charge in [-0.3, -0.25) is 14.3 Å². The minimum Gasteiger partial charge on any atom is -0.497 e. The molecular formula is C49H62ClN4O11P. The van der Waals surface area contributed by atoms with Gasteiger partial charge < -0.3 is 43.2 Å². The fourth-order valence-corrected chi connectivity index (χ4v) is 8.86. The Balaban J connectivity index is 1.42. The van der Waals surface area contributed by atoms with Gasteiger partial charge in [0.15, 0.2) is 0 Å². The molecule has 356 valence electrons. The zero-order chi connectivity index (χ0) is 47.6. The molecule has 17 heteroatoms. The highest BCUT2D eigenvalue weighted by Gasteiger charge is 2.40. The molecular weight excluding hydrogens is 887 g/mol. The Kier molecular flexibility index (Phi) is 20.2. The standard InChI is InChI=1S/C49H62ClN4O11P/c1-34(2)54(35(3)4)66(62-29-11-27-51)63-30-12-28-59-43-23-17-40(18-24-43)49(38-13-9-8-10-14-38,39-15-21-42(58-7)22-16-39)61-32-45(60-33-53-31-36(5)46(55)52-47(53)56)37(6)64-48(57)65-44-25-19-41(50)20-26-44/h8-10,13-26,31,34-35,37,45H,11-12,27-30,32-33,51H2,1-7H3,(H,52,55,56)/t37?,45-,49?,66?/m1/s1. The lowest BCUT2D eigenvalue weighted by Crippen LogP contribution is -2.42. The predicted molar refractivity (Wildman–Crippen MR) is 255 cm³/mol. The van der Waals surface area contributed by atoms with Gasteiger partial charge in [0.1, 0.15) is 41.8 Å². The molecule has 0 saturated heterocycles. The minimum absolute atomic E-state index is 0.171. The molecule has 5 rings (SSSR count). The van der Waals surface area contributed by atoms with Gasteiger partial charge in [0.05, 0.1) is 33.5 Å². The van der Waals surface area contributed by atoms with Gasteiger partial charge in [-0.2, -0.15) is 0 Å². The highest BCUT2D eigenvalue weighted by atomic mass is 35.5. The van der Waals surface area contributed by atoms with Crippen molar-refractivity contribution in [3.63, 3.8) is 0 Å². The molecule has 0 aliphatic rings. The van der Waals surface area contributed by atoms with E-state index in [9.17, 15) is 14.4 Å². The van der Waals surface area contributed by atoms with E-state index in [1.54, 1.807) is 33.1 Å². The third kappa shape index (κ3) is 14.5. The summed E-state index contributed by atoms with van der Waals surface area (Å²) in [6.45, 7) is 13.2. The monoisotopic (exact) mass is 948 g/mol. The van der Waals surface area contributed by atoms with Crippen LogP contribution in [-0.2, 0) is 35.6 Å². The number of halogens is 1. The van der Waals surface area contributed by atoms with E-state index in [0.29, 0.717) is 54.9 Å². The van der Waals surface area contributed by atoms with Crippen LogP contribution in [0, 0.1) is 6.92 Å². The van der Waals surface area contributed by atoms with Crippen molar-refractivity contribution in [1.82, 2.24) is 14.2 Å². The molecule has 0 aliphatic heterocycles. The van der Waals surface area contributed by atoms with Crippen molar-refractivity contribution in [2.24, 2.45) is 5.73 Å². The zero-order valence-electron chi connectivity index (χ0n) is 38.6. The highest BCUT2D eigenvalue weighted by Crippen LogP contribution is 2.46. The molecule has 1 aromatic heterocycles. The summed E-state index contributed by atoms with van der Waals surface area (Å²) < 4.78 is 52.4. The third-order valence-corrected chi connectivity index (χ3v) is 12.8. The van der Waals surface area contributed by atoms with Crippen LogP contribution in [-0.4, -0.2) is 84.8 Å². The topological polar surface area (TPSA) is 175 Å². The largest absolute Gasteiger partial charge is 0.514 e.